The van der Waals surface area contributed by atoms with E-state index in [9.17, 15) is 19.7 Å². The lowest BCUT2D eigenvalue weighted by molar-refractivity contribution is -0.385. The number of hydrogen-bond donors (Lipinski definition) is 0. The third kappa shape index (κ3) is 5.24. The molecule has 1 aromatic heterocycles. The number of pyridine rings is 1. The van der Waals surface area contributed by atoms with E-state index in [0.717, 1.165) is 6.07 Å². The Morgan fingerprint density at radius 2 is 2.00 bits per heavy atom. The van der Waals surface area contributed by atoms with Crippen molar-refractivity contribution in [1.82, 2.24) is 9.88 Å². The highest BCUT2D eigenvalue weighted by Gasteiger charge is 2.23. The van der Waals surface area contributed by atoms with Crippen LogP contribution in [0.2, 0.25) is 0 Å². The van der Waals surface area contributed by atoms with Crippen LogP contribution in [0.3, 0.4) is 0 Å². The summed E-state index contributed by atoms with van der Waals surface area (Å²) >= 11 is 0. The van der Waals surface area contributed by atoms with Crippen molar-refractivity contribution in [3.8, 4) is 5.75 Å². The minimum Gasteiger partial charge on any atom is -0.490 e. The molecule has 0 aliphatic rings. The summed E-state index contributed by atoms with van der Waals surface area (Å²) in [6.07, 6.45) is 1.59. The van der Waals surface area contributed by atoms with Gasteiger partial charge in [-0.1, -0.05) is 6.07 Å². The molecule has 1 aromatic carbocycles. The Morgan fingerprint density at radius 3 is 2.59 bits per heavy atom. The van der Waals surface area contributed by atoms with Crippen LogP contribution in [-0.2, 0) is 16.1 Å². The largest absolute Gasteiger partial charge is 0.490 e. The first-order valence-electron chi connectivity index (χ1n) is 8.04. The van der Waals surface area contributed by atoms with Gasteiger partial charge in [0, 0.05) is 24.4 Å². The lowest BCUT2D eigenvalue weighted by Crippen LogP contribution is -2.33. The number of aromatic nitrogens is 1. The molecular weight excluding hydrogens is 354 g/mol. The summed E-state index contributed by atoms with van der Waals surface area (Å²) in [5.74, 6) is -0.868. The highest BCUT2D eigenvalue weighted by Crippen LogP contribution is 2.28. The fourth-order valence-electron chi connectivity index (χ4n) is 2.42. The molecule has 0 radical (unpaired) electrons. The molecule has 0 atom stereocenters. The molecule has 0 saturated heterocycles. The second kappa shape index (κ2) is 9.27. The van der Waals surface area contributed by atoms with Crippen molar-refractivity contribution < 1.29 is 24.0 Å². The van der Waals surface area contributed by atoms with Crippen LogP contribution in [0.4, 0.5) is 5.69 Å². The number of benzene rings is 1. The zero-order chi connectivity index (χ0) is 19.8. The summed E-state index contributed by atoms with van der Waals surface area (Å²) in [6.45, 7) is 0.235. The Bertz CT molecular complexity index is 825. The molecule has 0 fully saturated rings. The van der Waals surface area contributed by atoms with Gasteiger partial charge < -0.3 is 14.4 Å². The normalized spacial score (nSPS) is 10.1. The van der Waals surface area contributed by atoms with Crippen LogP contribution in [0, 0.1) is 10.1 Å². The van der Waals surface area contributed by atoms with Gasteiger partial charge in [0.2, 0.25) is 0 Å². The minimum absolute atomic E-state index is 0.00663. The number of carbonyl (C=O) groups excluding carboxylic acids is 2. The van der Waals surface area contributed by atoms with Gasteiger partial charge in [-0.15, -0.1) is 0 Å². The molecule has 9 nitrogen and oxygen atoms in total. The van der Waals surface area contributed by atoms with E-state index in [1.165, 1.54) is 31.3 Å². The smallest absolute Gasteiger partial charge is 0.311 e. The second-order valence-electron chi connectivity index (χ2n) is 5.52. The third-order valence-electron chi connectivity index (χ3n) is 3.80. The molecule has 0 unspecified atom stereocenters. The highest BCUT2D eigenvalue weighted by molar-refractivity contribution is 5.95. The highest BCUT2D eigenvalue weighted by atomic mass is 16.6. The van der Waals surface area contributed by atoms with E-state index in [1.807, 2.05) is 0 Å². The minimum atomic E-state index is -0.618. The summed E-state index contributed by atoms with van der Waals surface area (Å²) in [4.78, 5) is 40.5. The number of nitro benzene ring substituents is 1. The standard InChI is InChI=1S/C18H19N3O6/c1-26-16-7-6-13(11-15(16)21(24)25)18(23)20(10-8-17(22)27-2)12-14-5-3-4-9-19-14/h3-7,9,11H,8,10,12H2,1-2H3. The second-order valence-corrected chi connectivity index (χ2v) is 5.52. The van der Waals surface area contributed by atoms with Gasteiger partial charge in [0.15, 0.2) is 5.75 Å². The van der Waals surface area contributed by atoms with Crippen LogP contribution < -0.4 is 4.74 Å². The lowest BCUT2D eigenvalue weighted by Gasteiger charge is -2.22. The number of rotatable bonds is 8. The summed E-state index contributed by atoms with van der Waals surface area (Å²) < 4.78 is 9.57. The van der Waals surface area contributed by atoms with Gasteiger partial charge in [-0.25, -0.2) is 0 Å². The van der Waals surface area contributed by atoms with Crippen molar-refractivity contribution in [2.75, 3.05) is 20.8 Å². The molecule has 0 saturated carbocycles. The predicted molar refractivity (Wildman–Crippen MR) is 95.3 cm³/mol. The van der Waals surface area contributed by atoms with Crippen LogP contribution in [0.1, 0.15) is 22.5 Å². The molecule has 1 amide bonds. The number of carbonyl (C=O) groups is 2. The van der Waals surface area contributed by atoms with E-state index in [0.29, 0.717) is 5.69 Å². The van der Waals surface area contributed by atoms with Gasteiger partial charge in [0.1, 0.15) is 0 Å². The Hall–Kier alpha value is -3.49. The molecule has 142 valence electrons. The van der Waals surface area contributed by atoms with Crippen LogP contribution in [0.25, 0.3) is 0 Å². The molecule has 0 aliphatic carbocycles. The number of nitro groups is 1. The fraction of sp³-hybridized carbons (Fsp3) is 0.278. The first kappa shape index (κ1) is 19.8. The number of methoxy groups -OCH3 is 2. The molecule has 0 spiro atoms. The molecule has 2 rings (SSSR count). The Kier molecular flexibility index (Phi) is 6.81. The SMILES string of the molecule is COC(=O)CCN(Cc1ccccn1)C(=O)c1ccc(OC)c([N+](=O)[O-])c1. The van der Waals surface area contributed by atoms with Crippen LogP contribution in [0.5, 0.6) is 5.75 Å². The molecule has 27 heavy (non-hydrogen) atoms. The Morgan fingerprint density at radius 1 is 1.22 bits per heavy atom. The van der Waals surface area contributed by atoms with Crippen molar-refractivity contribution in [1.29, 1.82) is 0 Å². The van der Waals surface area contributed by atoms with E-state index in [2.05, 4.69) is 9.72 Å². The zero-order valence-corrected chi connectivity index (χ0v) is 15.0. The van der Waals surface area contributed by atoms with Gasteiger partial charge in [0.25, 0.3) is 5.91 Å². The number of amides is 1. The number of ether oxygens (including phenoxy) is 2. The van der Waals surface area contributed by atoms with Gasteiger partial charge in [0.05, 0.1) is 37.8 Å². The van der Waals surface area contributed by atoms with E-state index >= 15 is 0 Å². The molecule has 2 aromatic rings. The predicted octanol–water partition coefficient (Wildman–Crippen LogP) is 2.20. The van der Waals surface area contributed by atoms with Crippen molar-refractivity contribution in [2.24, 2.45) is 0 Å². The van der Waals surface area contributed by atoms with Gasteiger partial charge in [-0.3, -0.25) is 24.7 Å². The molecule has 0 bridgehead atoms. The van der Waals surface area contributed by atoms with E-state index in [-0.39, 0.29) is 36.5 Å². The molecular formula is C18H19N3O6. The summed E-state index contributed by atoms with van der Waals surface area (Å²) in [6, 6.07) is 9.24. The molecule has 0 N–H and O–H groups in total. The Balaban J connectivity index is 2.30. The Labute approximate surface area is 155 Å². The first-order valence-corrected chi connectivity index (χ1v) is 8.04. The van der Waals surface area contributed by atoms with Crippen LogP contribution >= 0.6 is 0 Å². The van der Waals surface area contributed by atoms with Crippen LogP contribution in [0.15, 0.2) is 42.6 Å². The molecule has 1 heterocycles. The average molecular weight is 373 g/mol. The summed E-state index contributed by atoms with van der Waals surface area (Å²) in [7, 11) is 2.58. The zero-order valence-electron chi connectivity index (χ0n) is 15.0. The monoisotopic (exact) mass is 373 g/mol. The van der Waals surface area contributed by atoms with Crippen molar-refractivity contribution in [3.05, 3.63) is 64.0 Å². The fourth-order valence-corrected chi connectivity index (χ4v) is 2.42. The lowest BCUT2D eigenvalue weighted by atomic mass is 10.1. The summed E-state index contributed by atoms with van der Waals surface area (Å²) in [5, 5.41) is 11.2. The maximum absolute atomic E-state index is 12.9. The number of nitrogens with zero attached hydrogens (tertiary/aromatic N) is 3. The number of esters is 1. The maximum atomic E-state index is 12.9. The third-order valence-corrected chi connectivity index (χ3v) is 3.80. The van der Waals surface area contributed by atoms with Gasteiger partial charge in [-0.2, -0.15) is 0 Å². The van der Waals surface area contributed by atoms with Gasteiger partial charge >= 0.3 is 11.7 Å². The van der Waals surface area contributed by atoms with Crippen LogP contribution in [-0.4, -0.2) is 47.4 Å². The maximum Gasteiger partial charge on any atom is 0.311 e. The quantitative estimate of drug-likeness (QED) is 0.396. The van der Waals surface area contributed by atoms with Crippen molar-refractivity contribution >= 4 is 17.6 Å². The average Bonchev–Trinajstić information content (AvgIpc) is 2.70. The number of hydrogen-bond acceptors (Lipinski definition) is 7. The van der Waals surface area contributed by atoms with E-state index < -0.39 is 16.8 Å². The van der Waals surface area contributed by atoms with Crippen molar-refractivity contribution in [2.45, 2.75) is 13.0 Å². The van der Waals surface area contributed by atoms with Crippen molar-refractivity contribution in [3.63, 3.8) is 0 Å². The van der Waals surface area contributed by atoms with E-state index in [4.69, 9.17) is 4.74 Å². The first-order chi connectivity index (χ1) is 13.0. The summed E-state index contributed by atoms with van der Waals surface area (Å²) in [5.41, 5.74) is 0.427. The van der Waals surface area contributed by atoms with E-state index in [1.54, 1.807) is 24.4 Å². The van der Waals surface area contributed by atoms with Gasteiger partial charge in [-0.05, 0) is 24.3 Å². The molecule has 9 heteroatoms. The molecule has 0 aliphatic heterocycles. The topological polar surface area (TPSA) is 112 Å².